The molecule has 0 unspecified atom stereocenters. The second-order valence-corrected chi connectivity index (χ2v) is 6.73. The standard InChI is InChI=1S/C14H21N2O3.C9H12N4O2.K/c1-12-2-4-13(5-3-12)14(17)16-7-9-19-11-10-18-8-6-15;1-2-3-4-15-9-11-5-7(12-6-14)8(10)13-9;/h2-5H,1,6-11,15H2,(H,16,17);2-4H2,1H3,(H,12,14)(H2,10,11,13);/q-1;-2;+1. The second-order valence-electron chi connectivity index (χ2n) is 6.73. The number of rotatable bonds is 14. The zero-order valence-electron chi connectivity index (χ0n) is 20.5. The molecule has 0 aliphatic heterocycles. The summed E-state index contributed by atoms with van der Waals surface area (Å²) in [4.78, 5) is 22.7. The maximum atomic E-state index is 11.7. The first-order valence-corrected chi connectivity index (χ1v) is 10.8. The van der Waals surface area contributed by atoms with E-state index >= 15 is 0 Å². The Morgan fingerprint density at radius 2 is 1.89 bits per heavy atom. The van der Waals surface area contributed by atoms with Crippen LogP contribution in [-0.4, -0.2) is 73.5 Å². The van der Waals surface area contributed by atoms with E-state index in [0.717, 1.165) is 18.4 Å². The van der Waals surface area contributed by atoms with E-state index in [-0.39, 0.29) is 74.8 Å². The Morgan fingerprint density at radius 1 is 1.20 bits per heavy atom. The molecular formula is C23H33KN6O5-2. The van der Waals surface area contributed by atoms with Crippen LogP contribution >= 0.6 is 0 Å². The third-order valence-corrected chi connectivity index (χ3v) is 3.99. The summed E-state index contributed by atoms with van der Waals surface area (Å²) in [7, 11) is 0. The number of aliphatic hydroxyl groups excluding tert-OH is 1. The van der Waals surface area contributed by atoms with Crippen LogP contribution in [0.3, 0.4) is 0 Å². The number of hydrogen-bond acceptors (Lipinski definition) is 9. The number of nitrogens with zero attached hydrogens (tertiary/aromatic N) is 3. The molecule has 2 aromatic rings. The minimum Gasteiger partial charge on any atom is -0.588 e. The van der Waals surface area contributed by atoms with Crippen LogP contribution in [0.4, 0.5) is 11.5 Å². The van der Waals surface area contributed by atoms with Gasteiger partial charge in [-0.25, -0.2) is 0 Å². The fourth-order valence-corrected chi connectivity index (χ4v) is 2.24. The van der Waals surface area contributed by atoms with Crippen molar-refractivity contribution >= 4 is 23.8 Å². The first-order valence-electron chi connectivity index (χ1n) is 10.8. The molecule has 188 valence electrons. The van der Waals surface area contributed by atoms with E-state index < -0.39 is 0 Å². The molecule has 0 saturated heterocycles. The zero-order chi connectivity index (χ0) is 25.0. The van der Waals surface area contributed by atoms with Crippen molar-refractivity contribution in [1.82, 2.24) is 15.3 Å². The van der Waals surface area contributed by atoms with E-state index in [1.165, 1.54) is 0 Å². The van der Waals surface area contributed by atoms with Gasteiger partial charge in [0.05, 0.1) is 33.0 Å². The van der Waals surface area contributed by atoms with Crippen LogP contribution in [0, 0.1) is 13.1 Å². The van der Waals surface area contributed by atoms with Gasteiger partial charge in [-0.1, -0.05) is 13.3 Å². The fourth-order valence-electron chi connectivity index (χ4n) is 2.24. The Labute approximate surface area is 249 Å². The summed E-state index contributed by atoms with van der Waals surface area (Å²) in [5.41, 5.74) is 12.4. The largest absolute Gasteiger partial charge is 1.00 e. The van der Waals surface area contributed by atoms with Crippen molar-refractivity contribution in [2.24, 2.45) is 10.7 Å². The van der Waals surface area contributed by atoms with E-state index in [9.17, 15) is 4.79 Å². The zero-order valence-corrected chi connectivity index (χ0v) is 23.6. The van der Waals surface area contributed by atoms with Gasteiger partial charge in [0.25, 0.3) is 0 Å². The van der Waals surface area contributed by atoms with Crippen molar-refractivity contribution in [2.45, 2.75) is 19.8 Å². The number of aromatic nitrogens is 2. The Balaban J connectivity index is 0.000000659. The quantitative estimate of drug-likeness (QED) is 0.0793. The molecule has 1 amide bonds. The number of amides is 1. The minimum absolute atomic E-state index is 0. The Hall–Kier alpha value is -1.77. The molecule has 0 radical (unpaired) electrons. The smallest absolute Gasteiger partial charge is 0.588 e. The third-order valence-electron chi connectivity index (χ3n) is 3.99. The summed E-state index contributed by atoms with van der Waals surface area (Å²) in [6.45, 7) is 9.39. The van der Waals surface area contributed by atoms with Crippen molar-refractivity contribution < 1.29 is 75.5 Å². The first-order chi connectivity index (χ1) is 16.5. The number of aliphatic imine (C=N–C) groups is 1. The van der Waals surface area contributed by atoms with Gasteiger partial charge in [0.1, 0.15) is 0 Å². The van der Waals surface area contributed by atoms with Crippen LogP contribution in [0.15, 0.2) is 29.3 Å². The van der Waals surface area contributed by atoms with Crippen molar-refractivity contribution in [3.63, 3.8) is 0 Å². The molecule has 0 aliphatic carbocycles. The molecule has 1 heterocycles. The molecule has 0 aliphatic rings. The third kappa shape index (κ3) is 15.8. The number of aliphatic hydroxyl groups is 1. The summed E-state index contributed by atoms with van der Waals surface area (Å²) in [5, 5.41) is 11.1. The number of carbonyl (C=O) groups is 1. The van der Waals surface area contributed by atoms with E-state index in [0.29, 0.717) is 51.7 Å². The van der Waals surface area contributed by atoms with E-state index in [4.69, 9.17) is 30.8 Å². The predicted molar refractivity (Wildman–Crippen MR) is 129 cm³/mol. The summed E-state index contributed by atoms with van der Waals surface area (Å²) in [6.07, 6.45) is 6.02. The van der Waals surface area contributed by atoms with Crippen molar-refractivity contribution in [3.8, 4) is 6.01 Å². The number of nitrogens with one attached hydrogen (secondary N) is 1. The molecule has 6 N–H and O–H groups in total. The minimum atomic E-state index is -0.108. The van der Waals surface area contributed by atoms with E-state index in [1.54, 1.807) is 30.7 Å². The maximum absolute atomic E-state index is 11.7. The maximum Gasteiger partial charge on any atom is 1.00 e. The summed E-state index contributed by atoms with van der Waals surface area (Å²) >= 11 is 0. The SMILES string of the molecule is CCCCOc1n[c-]c(N=[C-]O)c(N)n1.[CH2-]c1ccc(C(=O)NCCOCCOCCN)cc1.[K+]. The summed E-state index contributed by atoms with van der Waals surface area (Å²) in [6, 6.07) is 7.27. The van der Waals surface area contributed by atoms with Crippen LogP contribution in [0.25, 0.3) is 0 Å². The molecule has 0 fully saturated rings. The van der Waals surface area contributed by atoms with Crippen molar-refractivity contribution in [3.05, 3.63) is 48.5 Å². The van der Waals surface area contributed by atoms with Gasteiger partial charge in [-0.05, 0) is 12.2 Å². The van der Waals surface area contributed by atoms with Gasteiger partial charge in [-0.2, -0.15) is 24.6 Å². The normalized spacial score (nSPS) is 10.2. The molecule has 0 saturated carbocycles. The fraction of sp³-hybridized carbons (Fsp3) is 0.435. The molecule has 1 aromatic carbocycles. The van der Waals surface area contributed by atoms with Gasteiger partial charge in [0.15, 0.2) is 6.01 Å². The van der Waals surface area contributed by atoms with Crippen LogP contribution in [-0.2, 0) is 9.47 Å². The van der Waals surface area contributed by atoms with Gasteiger partial charge in [-0.3, -0.25) is 4.79 Å². The number of hydrogen-bond donors (Lipinski definition) is 4. The molecule has 0 atom stereocenters. The molecular weight excluding hydrogens is 479 g/mol. The Morgan fingerprint density at radius 3 is 2.49 bits per heavy atom. The van der Waals surface area contributed by atoms with Gasteiger partial charge in [-0.15, -0.1) is 24.0 Å². The van der Waals surface area contributed by atoms with Gasteiger partial charge in [0.2, 0.25) is 5.91 Å². The van der Waals surface area contributed by atoms with Crippen LogP contribution in [0.2, 0.25) is 0 Å². The molecule has 1 aromatic heterocycles. The summed E-state index contributed by atoms with van der Waals surface area (Å²) in [5.74, 6) is -0.0129. The van der Waals surface area contributed by atoms with Gasteiger partial charge < -0.3 is 51.1 Å². The molecule has 0 spiro atoms. The number of carbonyl (C=O) groups excluding carboxylic acids is 1. The number of benzene rings is 1. The Kier molecular flexibility index (Phi) is 20.4. The summed E-state index contributed by atoms with van der Waals surface area (Å²) < 4.78 is 15.6. The average Bonchev–Trinajstić information content (AvgIpc) is 2.83. The number of anilines is 1. The second kappa shape index (κ2) is 21.5. The molecule has 11 nitrogen and oxygen atoms in total. The molecule has 2 rings (SSSR count). The topological polar surface area (TPSA) is 167 Å². The molecule has 12 heteroatoms. The predicted octanol–water partition coefficient (Wildman–Crippen LogP) is -1.27. The molecule has 35 heavy (non-hydrogen) atoms. The number of unbranched alkanes of at least 4 members (excludes halogenated alkanes) is 1. The monoisotopic (exact) mass is 512 g/mol. The van der Waals surface area contributed by atoms with Gasteiger partial charge in [0, 0.05) is 25.1 Å². The van der Waals surface area contributed by atoms with E-state index in [1.807, 2.05) is 0 Å². The van der Waals surface area contributed by atoms with Crippen LogP contribution < -0.4 is 72.9 Å². The van der Waals surface area contributed by atoms with Gasteiger partial charge >= 0.3 is 51.4 Å². The first kappa shape index (κ1) is 33.2. The van der Waals surface area contributed by atoms with E-state index in [2.05, 4.69) is 40.3 Å². The van der Waals surface area contributed by atoms with Crippen molar-refractivity contribution in [1.29, 1.82) is 0 Å². The average molecular weight is 513 g/mol. The van der Waals surface area contributed by atoms with Crippen molar-refractivity contribution in [2.75, 3.05) is 51.9 Å². The molecule has 0 bridgehead atoms. The van der Waals surface area contributed by atoms with Crippen LogP contribution in [0.1, 0.15) is 35.7 Å². The number of ether oxygens (including phenoxy) is 3. The number of nitrogen functional groups attached to an aromatic ring is 1. The number of nitrogens with two attached hydrogens (primary N) is 2. The van der Waals surface area contributed by atoms with Crippen LogP contribution in [0.5, 0.6) is 6.01 Å². The Bertz CT molecular complexity index is 855.